The van der Waals surface area contributed by atoms with E-state index in [2.05, 4.69) is 29.6 Å². The highest BCUT2D eigenvalue weighted by Crippen LogP contribution is 2.26. The molecule has 6 heteroatoms. The zero-order chi connectivity index (χ0) is 20.9. The first-order valence-electron chi connectivity index (χ1n) is 10.7. The van der Waals surface area contributed by atoms with Gasteiger partial charge in [0.1, 0.15) is 5.75 Å². The lowest BCUT2D eigenvalue weighted by atomic mass is 9.90. The van der Waals surface area contributed by atoms with Crippen LogP contribution in [0.15, 0.2) is 54.6 Å². The molecule has 0 unspecified atom stereocenters. The van der Waals surface area contributed by atoms with Crippen LogP contribution in [0.25, 0.3) is 0 Å². The number of urea groups is 1. The fourth-order valence-electron chi connectivity index (χ4n) is 4.39. The number of rotatable bonds is 5. The van der Waals surface area contributed by atoms with Gasteiger partial charge >= 0.3 is 6.03 Å². The molecule has 0 radical (unpaired) electrons. The number of ether oxygens (including phenoxy) is 1. The van der Waals surface area contributed by atoms with Gasteiger partial charge in [0.25, 0.3) is 0 Å². The third-order valence-corrected chi connectivity index (χ3v) is 6.09. The Morgan fingerprint density at radius 2 is 1.87 bits per heavy atom. The summed E-state index contributed by atoms with van der Waals surface area (Å²) in [6.45, 7) is 2.02. The van der Waals surface area contributed by atoms with Crippen LogP contribution in [0, 0.1) is 5.92 Å². The zero-order valence-electron chi connectivity index (χ0n) is 17.4. The molecular weight excluding hydrogens is 378 g/mol. The van der Waals surface area contributed by atoms with E-state index >= 15 is 0 Å². The average Bonchev–Trinajstić information content (AvgIpc) is 3.15. The van der Waals surface area contributed by atoms with Crippen LogP contribution in [0.5, 0.6) is 5.75 Å². The van der Waals surface area contributed by atoms with Crippen molar-refractivity contribution in [1.82, 2.24) is 10.2 Å². The van der Waals surface area contributed by atoms with Crippen LogP contribution in [0.2, 0.25) is 0 Å². The van der Waals surface area contributed by atoms with E-state index in [0.29, 0.717) is 24.6 Å². The molecule has 30 heavy (non-hydrogen) atoms. The second kappa shape index (κ2) is 9.20. The number of piperidine rings is 1. The molecule has 1 atom stereocenters. The number of benzene rings is 2. The first-order valence-corrected chi connectivity index (χ1v) is 10.7. The van der Waals surface area contributed by atoms with E-state index in [1.165, 1.54) is 5.56 Å². The largest absolute Gasteiger partial charge is 0.497 e. The Labute approximate surface area is 177 Å². The molecule has 3 amide bonds. The minimum Gasteiger partial charge on any atom is -0.497 e. The van der Waals surface area contributed by atoms with Crippen LogP contribution in [0.1, 0.15) is 24.8 Å². The quantitative estimate of drug-likeness (QED) is 0.826. The number of nitrogens with zero attached hydrogens (tertiary/aromatic N) is 2. The number of methoxy groups -OCH3 is 1. The lowest BCUT2D eigenvalue weighted by Crippen LogP contribution is -2.48. The Bertz CT molecular complexity index is 878. The second-order valence-electron chi connectivity index (χ2n) is 8.18. The van der Waals surface area contributed by atoms with E-state index < -0.39 is 0 Å². The molecule has 2 aliphatic rings. The molecule has 0 aliphatic carbocycles. The van der Waals surface area contributed by atoms with Crippen molar-refractivity contribution in [3.05, 3.63) is 60.2 Å². The van der Waals surface area contributed by atoms with Crippen LogP contribution in [0.4, 0.5) is 10.5 Å². The number of likely N-dealkylation sites (tertiary alicyclic amines) is 1. The number of nitrogens with one attached hydrogen (secondary N) is 1. The average molecular weight is 408 g/mol. The second-order valence-corrected chi connectivity index (χ2v) is 8.18. The van der Waals surface area contributed by atoms with Gasteiger partial charge in [0, 0.05) is 37.8 Å². The highest BCUT2D eigenvalue weighted by atomic mass is 16.5. The van der Waals surface area contributed by atoms with Gasteiger partial charge in [-0.15, -0.1) is 0 Å². The summed E-state index contributed by atoms with van der Waals surface area (Å²) in [6.07, 6.45) is 3.43. The lowest BCUT2D eigenvalue weighted by Gasteiger charge is -2.33. The number of hydrogen-bond donors (Lipinski definition) is 1. The third-order valence-electron chi connectivity index (χ3n) is 6.09. The highest BCUT2D eigenvalue weighted by molar-refractivity contribution is 5.97. The molecule has 4 rings (SSSR count). The summed E-state index contributed by atoms with van der Waals surface area (Å²) in [5.74, 6) is 1.36. The standard InChI is InChI=1S/C24H29N3O3/c1-30-22-9-5-8-21(16-22)27-17-20(15-23(27)28)25-24(29)26-12-10-19(11-13-26)14-18-6-3-2-4-7-18/h2-9,16,19-20H,10-15,17H2,1H3,(H,25,29)/t20-/m0/s1. The Kier molecular flexibility index (Phi) is 6.21. The van der Waals surface area contributed by atoms with Crippen molar-refractivity contribution < 1.29 is 14.3 Å². The van der Waals surface area contributed by atoms with Gasteiger partial charge in [-0.2, -0.15) is 0 Å². The number of carbonyl (C=O) groups excluding carboxylic acids is 2. The molecule has 0 saturated carbocycles. The normalized spacial score (nSPS) is 19.8. The lowest BCUT2D eigenvalue weighted by molar-refractivity contribution is -0.117. The van der Waals surface area contributed by atoms with Crippen LogP contribution in [0.3, 0.4) is 0 Å². The molecule has 2 fully saturated rings. The molecule has 6 nitrogen and oxygen atoms in total. The van der Waals surface area contributed by atoms with E-state index in [4.69, 9.17) is 4.74 Å². The smallest absolute Gasteiger partial charge is 0.317 e. The zero-order valence-corrected chi connectivity index (χ0v) is 17.4. The predicted octanol–water partition coefficient (Wildman–Crippen LogP) is 3.46. The van der Waals surface area contributed by atoms with Gasteiger partial charge in [-0.1, -0.05) is 36.4 Å². The molecule has 2 aromatic rings. The maximum atomic E-state index is 12.7. The SMILES string of the molecule is COc1cccc(N2C[C@@H](NC(=O)N3CCC(Cc4ccccc4)CC3)CC2=O)c1. The summed E-state index contributed by atoms with van der Waals surface area (Å²) in [6, 6.07) is 17.8. The molecule has 0 aromatic heterocycles. The van der Waals surface area contributed by atoms with Gasteiger partial charge in [0.05, 0.1) is 13.2 Å². The molecule has 2 aliphatic heterocycles. The van der Waals surface area contributed by atoms with Crippen molar-refractivity contribution in [3.63, 3.8) is 0 Å². The Balaban J connectivity index is 1.27. The van der Waals surface area contributed by atoms with Gasteiger partial charge in [0.2, 0.25) is 5.91 Å². The maximum Gasteiger partial charge on any atom is 0.317 e. The van der Waals surface area contributed by atoms with E-state index in [1.54, 1.807) is 12.0 Å². The molecule has 1 N–H and O–H groups in total. The van der Waals surface area contributed by atoms with Crippen molar-refractivity contribution >= 4 is 17.6 Å². The number of anilines is 1. The molecule has 2 saturated heterocycles. The van der Waals surface area contributed by atoms with Gasteiger partial charge in [-0.3, -0.25) is 4.79 Å². The Morgan fingerprint density at radius 1 is 1.10 bits per heavy atom. The van der Waals surface area contributed by atoms with Crippen molar-refractivity contribution in [3.8, 4) is 5.75 Å². The van der Waals surface area contributed by atoms with Crippen molar-refractivity contribution in [2.24, 2.45) is 5.92 Å². The predicted molar refractivity (Wildman–Crippen MR) is 117 cm³/mol. The van der Waals surface area contributed by atoms with Crippen LogP contribution < -0.4 is 15.0 Å². The molecule has 2 aromatic carbocycles. The van der Waals surface area contributed by atoms with Crippen LogP contribution in [-0.2, 0) is 11.2 Å². The summed E-state index contributed by atoms with van der Waals surface area (Å²) >= 11 is 0. The van der Waals surface area contributed by atoms with Crippen molar-refractivity contribution in [2.75, 3.05) is 31.6 Å². The minimum atomic E-state index is -0.168. The number of hydrogen-bond acceptors (Lipinski definition) is 3. The third kappa shape index (κ3) is 4.75. The maximum absolute atomic E-state index is 12.7. The summed E-state index contributed by atoms with van der Waals surface area (Å²) < 4.78 is 5.25. The first-order chi connectivity index (χ1) is 14.6. The van der Waals surface area contributed by atoms with Gasteiger partial charge < -0.3 is 19.9 Å². The topological polar surface area (TPSA) is 61.9 Å². The molecule has 2 heterocycles. The summed E-state index contributed by atoms with van der Waals surface area (Å²) in [4.78, 5) is 28.8. The van der Waals surface area contributed by atoms with E-state index in [1.807, 2.05) is 35.2 Å². The first kappa shape index (κ1) is 20.3. The van der Waals surface area contributed by atoms with Crippen LogP contribution in [-0.4, -0.2) is 49.6 Å². The number of carbonyl (C=O) groups is 2. The van der Waals surface area contributed by atoms with Gasteiger partial charge in [0.15, 0.2) is 0 Å². The summed E-state index contributed by atoms with van der Waals surface area (Å²) in [5.41, 5.74) is 2.17. The van der Waals surface area contributed by atoms with Crippen molar-refractivity contribution in [2.45, 2.75) is 31.7 Å². The van der Waals surface area contributed by atoms with E-state index in [-0.39, 0.29) is 18.0 Å². The molecule has 0 bridgehead atoms. The fraction of sp³-hybridized carbons (Fsp3) is 0.417. The number of amides is 3. The summed E-state index contributed by atoms with van der Waals surface area (Å²) in [7, 11) is 1.61. The molecule has 0 spiro atoms. The van der Waals surface area contributed by atoms with Crippen molar-refractivity contribution in [1.29, 1.82) is 0 Å². The molecule has 158 valence electrons. The van der Waals surface area contributed by atoms with Gasteiger partial charge in [-0.25, -0.2) is 4.79 Å². The van der Waals surface area contributed by atoms with E-state index in [9.17, 15) is 9.59 Å². The van der Waals surface area contributed by atoms with E-state index in [0.717, 1.165) is 38.0 Å². The minimum absolute atomic E-state index is 0.0233. The Hall–Kier alpha value is -3.02. The Morgan fingerprint density at radius 3 is 2.60 bits per heavy atom. The molecular formula is C24H29N3O3. The monoisotopic (exact) mass is 407 g/mol. The fourth-order valence-corrected chi connectivity index (χ4v) is 4.39. The summed E-state index contributed by atoms with van der Waals surface area (Å²) in [5, 5.41) is 3.07. The highest BCUT2D eigenvalue weighted by Gasteiger charge is 2.33. The van der Waals surface area contributed by atoms with Crippen LogP contribution >= 0.6 is 0 Å². The van der Waals surface area contributed by atoms with Gasteiger partial charge in [-0.05, 0) is 42.9 Å².